The Hall–Kier alpha value is -2.29. The molecule has 3 aromatic rings. The fourth-order valence-corrected chi connectivity index (χ4v) is 2.21. The summed E-state index contributed by atoms with van der Waals surface area (Å²) in [5.74, 6) is 0.866. The van der Waals surface area contributed by atoms with Crippen LogP contribution in [0.5, 0.6) is 0 Å². The van der Waals surface area contributed by atoms with Gasteiger partial charge in [0.15, 0.2) is 0 Å². The lowest BCUT2D eigenvalue weighted by Gasteiger charge is -2.06. The molecule has 0 radical (unpaired) electrons. The molecule has 1 heterocycles. The second kappa shape index (κ2) is 4.76. The van der Waals surface area contributed by atoms with Crippen molar-refractivity contribution in [3.05, 3.63) is 54.1 Å². The molecule has 0 amide bonds. The summed E-state index contributed by atoms with van der Waals surface area (Å²) in [6, 6.07) is 16.6. The summed E-state index contributed by atoms with van der Waals surface area (Å²) in [5.41, 5.74) is 4.55. The Balaban J connectivity index is 1.94. The van der Waals surface area contributed by atoms with Crippen LogP contribution in [0.3, 0.4) is 0 Å². The molecule has 2 aromatic carbocycles. The average molecular weight is 251 g/mol. The van der Waals surface area contributed by atoms with E-state index in [9.17, 15) is 0 Å². The van der Waals surface area contributed by atoms with Crippen molar-refractivity contribution < 1.29 is 0 Å². The minimum atomic E-state index is 0.866. The van der Waals surface area contributed by atoms with Crippen molar-refractivity contribution in [1.82, 2.24) is 9.55 Å². The van der Waals surface area contributed by atoms with E-state index in [2.05, 4.69) is 52.1 Å². The van der Waals surface area contributed by atoms with E-state index in [1.165, 1.54) is 5.56 Å². The molecule has 0 fully saturated rings. The van der Waals surface area contributed by atoms with Crippen LogP contribution in [0.1, 0.15) is 12.5 Å². The van der Waals surface area contributed by atoms with E-state index in [1.54, 1.807) is 0 Å². The molecule has 0 atom stereocenters. The van der Waals surface area contributed by atoms with Crippen LogP contribution in [0.2, 0.25) is 0 Å². The molecular formula is C16H17N3. The molecule has 0 saturated carbocycles. The third kappa shape index (κ3) is 2.19. The van der Waals surface area contributed by atoms with Gasteiger partial charge in [0, 0.05) is 12.7 Å². The van der Waals surface area contributed by atoms with Gasteiger partial charge in [0.05, 0.1) is 11.0 Å². The first-order valence-electron chi connectivity index (χ1n) is 6.55. The Bertz CT molecular complexity index is 696. The Morgan fingerprint density at radius 3 is 2.47 bits per heavy atom. The first kappa shape index (κ1) is 11.8. The molecule has 0 saturated heterocycles. The van der Waals surface area contributed by atoms with Gasteiger partial charge in [-0.15, -0.1) is 0 Å². The fourth-order valence-electron chi connectivity index (χ4n) is 2.21. The number of para-hydroxylation sites is 2. The lowest BCUT2D eigenvalue weighted by atomic mass is 10.1. The highest BCUT2D eigenvalue weighted by Crippen LogP contribution is 2.21. The maximum absolute atomic E-state index is 4.60. The van der Waals surface area contributed by atoms with Gasteiger partial charge in [0.2, 0.25) is 5.95 Å². The van der Waals surface area contributed by atoms with Crippen molar-refractivity contribution in [2.45, 2.75) is 13.3 Å². The van der Waals surface area contributed by atoms with Crippen LogP contribution in [0, 0.1) is 0 Å². The smallest absolute Gasteiger partial charge is 0.208 e. The molecule has 0 spiro atoms. The molecule has 0 aliphatic rings. The van der Waals surface area contributed by atoms with Crippen LogP contribution in [0.15, 0.2) is 48.5 Å². The highest BCUT2D eigenvalue weighted by Gasteiger charge is 2.06. The lowest BCUT2D eigenvalue weighted by molar-refractivity contribution is 0.958. The third-order valence-corrected chi connectivity index (χ3v) is 3.41. The van der Waals surface area contributed by atoms with Gasteiger partial charge in [-0.25, -0.2) is 4.98 Å². The van der Waals surface area contributed by atoms with Crippen LogP contribution in [-0.2, 0) is 13.5 Å². The second-order valence-electron chi connectivity index (χ2n) is 4.66. The van der Waals surface area contributed by atoms with Gasteiger partial charge in [-0.3, -0.25) is 0 Å². The predicted molar refractivity (Wildman–Crippen MR) is 79.8 cm³/mol. The summed E-state index contributed by atoms with van der Waals surface area (Å²) in [6.07, 6.45) is 1.06. The van der Waals surface area contributed by atoms with Crippen molar-refractivity contribution in [3.63, 3.8) is 0 Å². The van der Waals surface area contributed by atoms with E-state index in [0.717, 1.165) is 29.1 Å². The Kier molecular flexibility index (Phi) is 2.95. The molecule has 3 rings (SSSR count). The van der Waals surface area contributed by atoms with Crippen molar-refractivity contribution in [2.24, 2.45) is 7.05 Å². The maximum Gasteiger partial charge on any atom is 0.208 e. The van der Waals surface area contributed by atoms with Gasteiger partial charge in [-0.2, -0.15) is 0 Å². The predicted octanol–water partition coefficient (Wildman–Crippen LogP) is 3.88. The van der Waals surface area contributed by atoms with E-state index >= 15 is 0 Å². The molecule has 96 valence electrons. The molecule has 3 heteroatoms. The van der Waals surface area contributed by atoms with Crippen molar-refractivity contribution >= 4 is 22.7 Å². The standard InChI is InChI=1S/C16H17N3/c1-3-12-8-10-13(11-9-12)17-16-18-14-6-4-5-7-15(14)19(16)2/h4-11H,3H2,1-2H3,(H,17,18). The summed E-state index contributed by atoms with van der Waals surface area (Å²) < 4.78 is 2.07. The Labute approximate surface area is 112 Å². The second-order valence-corrected chi connectivity index (χ2v) is 4.66. The van der Waals surface area contributed by atoms with E-state index in [4.69, 9.17) is 0 Å². The minimum Gasteiger partial charge on any atom is -0.326 e. The number of anilines is 2. The topological polar surface area (TPSA) is 29.9 Å². The van der Waals surface area contributed by atoms with Gasteiger partial charge in [-0.1, -0.05) is 31.2 Å². The van der Waals surface area contributed by atoms with Gasteiger partial charge in [0.25, 0.3) is 0 Å². The number of hydrogen-bond donors (Lipinski definition) is 1. The monoisotopic (exact) mass is 251 g/mol. The molecule has 19 heavy (non-hydrogen) atoms. The molecule has 0 unspecified atom stereocenters. The number of nitrogens with one attached hydrogen (secondary N) is 1. The van der Waals surface area contributed by atoms with E-state index in [-0.39, 0.29) is 0 Å². The van der Waals surface area contributed by atoms with Gasteiger partial charge >= 0.3 is 0 Å². The summed E-state index contributed by atoms with van der Waals surface area (Å²) >= 11 is 0. The lowest BCUT2D eigenvalue weighted by Crippen LogP contribution is -1.98. The zero-order chi connectivity index (χ0) is 13.2. The number of aryl methyl sites for hydroxylation is 2. The van der Waals surface area contributed by atoms with Gasteiger partial charge in [0.1, 0.15) is 0 Å². The quantitative estimate of drug-likeness (QED) is 0.765. The molecule has 0 bridgehead atoms. The number of benzene rings is 2. The first-order chi connectivity index (χ1) is 9.28. The number of rotatable bonds is 3. The third-order valence-electron chi connectivity index (χ3n) is 3.41. The van der Waals surface area contributed by atoms with E-state index in [0.29, 0.717) is 0 Å². The summed E-state index contributed by atoms with van der Waals surface area (Å²) in [5, 5.41) is 3.36. The SMILES string of the molecule is CCc1ccc(Nc2nc3ccccc3n2C)cc1. The molecule has 1 N–H and O–H groups in total. The van der Waals surface area contributed by atoms with Crippen LogP contribution >= 0.6 is 0 Å². The highest BCUT2D eigenvalue weighted by atomic mass is 15.2. The Morgan fingerprint density at radius 2 is 1.79 bits per heavy atom. The van der Waals surface area contributed by atoms with Crippen LogP contribution in [-0.4, -0.2) is 9.55 Å². The van der Waals surface area contributed by atoms with Crippen LogP contribution < -0.4 is 5.32 Å². The zero-order valence-corrected chi connectivity index (χ0v) is 11.2. The van der Waals surface area contributed by atoms with Crippen LogP contribution in [0.4, 0.5) is 11.6 Å². The summed E-state index contributed by atoms with van der Waals surface area (Å²) in [6.45, 7) is 2.16. The molecule has 1 aromatic heterocycles. The largest absolute Gasteiger partial charge is 0.326 e. The molecule has 0 aliphatic heterocycles. The minimum absolute atomic E-state index is 0.866. The van der Waals surface area contributed by atoms with Crippen molar-refractivity contribution in [3.8, 4) is 0 Å². The number of aromatic nitrogens is 2. The first-order valence-corrected chi connectivity index (χ1v) is 6.55. The number of hydrogen-bond acceptors (Lipinski definition) is 2. The number of nitrogens with zero attached hydrogens (tertiary/aromatic N) is 2. The molecule has 3 nitrogen and oxygen atoms in total. The van der Waals surface area contributed by atoms with Crippen molar-refractivity contribution in [2.75, 3.05) is 5.32 Å². The van der Waals surface area contributed by atoms with E-state index in [1.807, 2.05) is 25.2 Å². The Morgan fingerprint density at radius 1 is 1.05 bits per heavy atom. The van der Waals surface area contributed by atoms with E-state index < -0.39 is 0 Å². The summed E-state index contributed by atoms with van der Waals surface area (Å²) in [4.78, 5) is 4.60. The normalized spacial score (nSPS) is 10.8. The fraction of sp³-hybridized carbons (Fsp3) is 0.188. The van der Waals surface area contributed by atoms with Crippen LogP contribution in [0.25, 0.3) is 11.0 Å². The average Bonchev–Trinajstić information content (AvgIpc) is 2.77. The molecule has 0 aliphatic carbocycles. The van der Waals surface area contributed by atoms with Gasteiger partial charge < -0.3 is 9.88 Å². The number of fused-ring (bicyclic) bond motifs is 1. The number of imidazole rings is 1. The maximum atomic E-state index is 4.60. The van der Waals surface area contributed by atoms with Crippen molar-refractivity contribution in [1.29, 1.82) is 0 Å². The van der Waals surface area contributed by atoms with Gasteiger partial charge in [-0.05, 0) is 36.2 Å². The molecular weight excluding hydrogens is 234 g/mol. The summed E-state index contributed by atoms with van der Waals surface area (Å²) in [7, 11) is 2.03. The zero-order valence-electron chi connectivity index (χ0n) is 11.2. The highest BCUT2D eigenvalue weighted by molar-refractivity contribution is 5.79.